The fourth-order valence-corrected chi connectivity index (χ4v) is 1.76. The molecule has 1 fully saturated rings. The molecule has 1 aliphatic rings. The summed E-state index contributed by atoms with van der Waals surface area (Å²) in [7, 11) is 0. The van der Waals surface area contributed by atoms with Gasteiger partial charge in [0.05, 0.1) is 5.56 Å². The van der Waals surface area contributed by atoms with Gasteiger partial charge in [-0.15, -0.1) is 0 Å². The summed E-state index contributed by atoms with van der Waals surface area (Å²) in [6, 6.07) is 5.81. The minimum Gasteiger partial charge on any atom is -0.327 e. The maximum Gasteiger partial charge on any atom is 0.416 e. The second-order valence-corrected chi connectivity index (χ2v) is 4.02. The normalized spacial score (nSPS) is 25.3. The third kappa shape index (κ3) is 2.31. The molecule has 82 valence electrons. The Kier molecular flexibility index (Phi) is 2.46. The third-order valence-electron chi connectivity index (χ3n) is 2.78. The maximum atomic E-state index is 12.6. The standard InChI is InChI=1S/C11H12F3N/c12-11(13,14)9-4-2-1-3-7(9)5-8-6-10(8)15/h1-4,8,10H,5-6,15H2. The van der Waals surface area contributed by atoms with Gasteiger partial charge in [0, 0.05) is 6.04 Å². The third-order valence-corrected chi connectivity index (χ3v) is 2.78. The molecule has 0 amide bonds. The SMILES string of the molecule is NC1CC1Cc1ccccc1C(F)(F)F. The van der Waals surface area contributed by atoms with E-state index in [2.05, 4.69) is 0 Å². The fraction of sp³-hybridized carbons (Fsp3) is 0.455. The summed E-state index contributed by atoms with van der Waals surface area (Å²) in [5, 5.41) is 0. The second-order valence-electron chi connectivity index (χ2n) is 4.02. The topological polar surface area (TPSA) is 26.0 Å². The summed E-state index contributed by atoms with van der Waals surface area (Å²) in [6.45, 7) is 0. The van der Waals surface area contributed by atoms with Crippen LogP contribution in [0.2, 0.25) is 0 Å². The summed E-state index contributed by atoms with van der Waals surface area (Å²) >= 11 is 0. The van der Waals surface area contributed by atoms with Crippen molar-refractivity contribution in [2.24, 2.45) is 11.7 Å². The van der Waals surface area contributed by atoms with Gasteiger partial charge in [-0.05, 0) is 30.4 Å². The first-order valence-corrected chi connectivity index (χ1v) is 4.89. The van der Waals surface area contributed by atoms with Gasteiger partial charge in [0.15, 0.2) is 0 Å². The Bertz CT molecular complexity index is 359. The Morgan fingerprint density at radius 3 is 2.40 bits per heavy atom. The Labute approximate surface area is 86.1 Å². The number of nitrogens with two attached hydrogens (primary N) is 1. The highest BCUT2D eigenvalue weighted by molar-refractivity contribution is 5.30. The highest BCUT2D eigenvalue weighted by atomic mass is 19.4. The molecular weight excluding hydrogens is 203 g/mol. The minimum atomic E-state index is -4.25. The molecule has 0 heterocycles. The first-order valence-electron chi connectivity index (χ1n) is 4.89. The van der Waals surface area contributed by atoms with Crippen LogP contribution in [-0.2, 0) is 12.6 Å². The molecule has 0 spiro atoms. The van der Waals surface area contributed by atoms with Gasteiger partial charge in [0.2, 0.25) is 0 Å². The number of halogens is 3. The largest absolute Gasteiger partial charge is 0.416 e. The smallest absolute Gasteiger partial charge is 0.327 e. The van der Waals surface area contributed by atoms with Crippen LogP contribution in [-0.4, -0.2) is 6.04 Å². The fourth-order valence-electron chi connectivity index (χ4n) is 1.76. The van der Waals surface area contributed by atoms with Crippen molar-refractivity contribution in [3.63, 3.8) is 0 Å². The molecule has 2 atom stereocenters. The number of rotatable bonds is 2. The minimum absolute atomic E-state index is 0.0892. The molecule has 2 rings (SSSR count). The van der Waals surface area contributed by atoms with E-state index < -0.39 is 11.7 Å². The summed E-state index contributed by atoms with van der Waals surface area (Å²) < 4.78 is 37.8. The van der Waals surface area contributed by atoms with Crippen LogP contribution in [0.5, 0.6) is 0 Å². The van der Waals surface area contributed by atoms with Gasteiger partial charge >= 0.3 is 6.18 Å². The molecular formula is C11H12F3N. The molecule has 1 aromatic rings. The van der Waals surface area contributed by atoms with E-state index in [9.17, 15) is 13.2 Å². The van der Waals surface area contributed by atoms with Crippen LogP contribution >= 0.6 is 0 Å². The predicted octanol–water partition coefficient (Wildman–Crippen LogP) is 2.60. The van der Waals surface area contributed by atoms with E-state index in [1.54, 1.807) is 6.07 Å². The highest BCUT2D eigenvalue weighted by Gasteiger charge is 2.37. The quantitative estimate of drug-likeness (QED) is 0.806. The van der Waals surface area contributed by atoms with Crippen molar-refractivity contribution in [1.82, 2.24) is 0 Å². The van der Waals surface area contributed by atoms with E-state index in [1.807, 2.05) is 0 Å². The molecule has 1 aliphatic carbocycles. The maximum absolute atomic E-state index is 12.6. The van der Waals surface area contributed by atoms with Gasteiger partial charge in [-0.2, -0.15) is 13.2 Å². The van der Waals surface area contributed by atoms with Crippen LogP contribution in [0.25, 0.3) is 0 Å². The molecule has 0 radical (unpaired) electrons. The Morgan fingerprint density at radius 1 is 1.27 bits per heavy atom. The van der Waals surface area contributed by atoms with Crippen LogP contribution in [0.15, 0.2) is 24.3 Å². The lowest BCUT2D eigenvalue weighted by molar-refractivity contribution is -0.138. The average molecular weight is 215 g/mol. The Morgan fingerprint density at radius 2 is 1.87 bits per heavy atom. The predicted molar refractivity (Wildman–Crippen MR) is 51.2 cm³/mol. The van der Waals surface area contributed by atoms with Crippen molar-refractivity contribution >= 4 is 0 Å². The number of hydrogen-bond donors (Lipinski definition) is 1. The molecule has 2 unspecified atom stereocenters. The van der Waals surface area contributed by atoms with Crippen LogP contribution in [0, 0.1) is 5.92 Å². The molecule has 0 bridgehead atoms. The first kappa shape index (κ1) is 10.5. The van der Waals surface area contributed by atoms with Gasteiger partial charge in [-0.1, -0.05) is 18.2 Å². The lowest BCUT2D eigenvalue weighted by Gasteiger charge is -2.12. The molecule has 0 saturated heterocycles. The van der Waals surface area contributed by atoms with Gasteiger partial charge in [-0.25, -0.2) is 0 Å². The first-order chi connectivity index (χ1) is 6.98. The summed E-state index contributed by atoms with van der Waals surface area (Å²) in [6.07, 6.45) is -2.97. The van der Waals surface area contributed by atoms with Crippen molar-refractivity contribution < 1.29 is 13.2 Å². The molecule has 4 heteroatoms. The zero-order valence-corrected chi connectivity index (χ0v) is 8.09. The molecule has 1 nitrogen and oxygen atoms in total. The van der Waals surface area contributed by atoms with Crippen molar-refractivity contribution in [2.75, 3.05) is 0 Å². The molecule has 0 aliphatic heterocycles. The zero-order valence-electron chi connectivity index (χ0n) is 8.09. The van der Waals surface area contributed by atoms with E-state index >= 15 is 0 Å². The van der Waals surface area contributed by atoms with E-state index in [1.165, 1.54) is 12.1 Å². The van der Waals surface area contributed by atoms with E-state index in [0.717, 1.165) is 12.5 Å². The summed E-state index contributed by atoms with van der Waals surface area (Å²) in [4.78, 5) is 0. The van der Waals surface area contributed by atoms with Gasteiger partial charge in [0.25, 0.3) is 0 Å². The van der Waals surface area contributed by atoms with Crippen molar-refractivity contribution in [3.8, 4) is 0 Å². The van der Waals surface area contributed by atoms with Gasteiger partial charge in [0.1, 0.15) is 0 Å². The Hall–Kier alpha value is -1.03. The van der Waals surface area contributed by atoms with Crippen molar-refractivity contribution in [3.05, 3.63) is 35.4 Å². The van der Waals surface area contributed by atoms with E-state index in [4.69, 9.17) is 5.73 Å². The lowest BCUT2D eigenvalue weighted by Crippen LogP contribution is -2.11. The molecule has 2 N–H and O–H groups in total. The van der Waals surface area contributed by atoms with Crippen LogP contribution < -0.4 is 5.73 Å². The van der Waals surface area contributed by atoms with Gasteiger partial charge in [-0.3, -0.25) is 0 Å². The summed E-state index contributed by atoms with van der Waals surface area (Å²) in [5.74, 6) is 0.230. The average Bonchev–Trinajstić information content (AvgIpc) is 2.81. The van der Waals surface area contributed by atoms with Crippen LogP contribution in [0.4, 0.5) is 13.2 Å². The molecule has 15 heavy (non-hydrogen) atoms. The van der Waals surface area contributed by atoms with Crippen LogP contribution in [0.3, 0.4) is 0 Å². The number of alkyl halides is 3. The summed E-state index contributed by atoms with van der Waals surface area (Å²) in [5.41, 5.74) is 5.43. The number of hydrogen-bond acceptors (Lipinski definition) is 1. The molecule has 0 aromatic heterocycles. The van der Waals surface area contributed by atoms with Crippen molar-refractivity contribution in [2.45, 2.75) is 25.1 Å². The highest BCUT2D eigenvalue weighted by Crippen LogP contribution is 2.37. The molecule has 1 saturated carbocycles. The second kappa shape index (κ2) is 3.52. The lowest BCUT2D eigenvalue weighted by atomic mass is 10.0. The molecule has 1 aromatic carbocycles. The zero-order chi connectivity index (χ0) is 11.1. The van der Waals surface area contributed by atoms with Crippen LogP contribution in [0.1, 0.15) is 17.5 Å². The van der Waals surface area contributed by atoms with E-state index in [-0.39, 0.29) is 12.0 Å². The van der Waals surface area contributed by atoms with Gasteiger partial charge < -0.3 is 5.73 Å². The number of benzene rings is 1. The monoisotopic (exact) mass is 215 g/mol. The van der Waals surface area contributed by atoms with Crippen molar-refractivity contribution in [1.29, 1.82) is 0 Å². The Balaban J connectivity index is 2.22. The van der Waals surface area contributed by atoms with E-state index in [0.29, 0.717) is 12.0 Å².